The minimum absolute atomic E-state index is 0.00591. The van der Waals surface area contributed by atoms with Crippen LogP contribution in [0.25, 0.3) is 11.4 Å². The predicted molar refractivity (Wildman–Crippen MR) is 148 cm³/mol. The van der Waals surface area contributed by atoms with Crippen LogP contribution in [0.1, 0.15) is 52.7 Å². The van der Waals surface area contributed by atoms with Gasteiger partial charge in [0.25, 0.3) is 10.1 Å². The molecule has 4 rings (SSSR count). The SMILES string of the molecule is CC(C)(C)c1nn(-c2ccc(S(=O)(=O)O)cc2)c(N)c1N.N#Cc1cnn(-c2cc(C(=O)O)cc(C(=O)O)c2)c1N. The van der Waals surface area contributed by atoms with Crippen molar-refractivity contribution >= 4 is 39.4 Å². The molecular formula is C25H26N8O7S. The minimum Gasteiger partial charge on any atom is -0.478 e. The van der Waals surface area contributed by atoms with Gasteiger partial charge in [-0.05, 0) is 42.5 Å². The molecule has 2 aromatic carbocycles. The molecule has 0 atom stereocenters. The number of carboxylic acid groups (broad SMARTS) is 2. The number of nitrogens with two attached hydrogens (primary N) is 3. The Kier molecular flexibility index (Phi) is 8.09. The molecule has 2 heterocycles. The van der Waals surface area contributed by atoms with Crippen LogP contribution in [0, 0.1) is 11.3 Å². The zero-order valence-corrected chi connectivity index (χ0v) is 22.8. The highest BCUT2D eigenvalue weighted by molar-refractivity contribution is 7.85. The van der Waals surface area contributed by atoms with Crippen LogP contribution in [-0.4, -0.2) is 54.7 Å². The second kappa shape index (κ2) is 11.0. The summed E-state index contributed by atoms with van der Waals surface area (Å²) in [6.07, 6.45) is 1.21. The Morgan fingerprint density at radius 3 is 1.83 bits per heavy atom. The Bertz CT molecular complexity index is 1760. The summed E-state index contributed by atoms with van der Waals surface area (Å²) in [7, 11) is -4.22. The van der Waals surface area contributed by atoms with E-state index in [-0.39, 0.29) is 38.5 Å². The molecule has 0 fully saturated rings. The first-order valence-electron chi connectivity index (χ1n) is 11.5. The van der Waals surface area contributed by atoms with E-state index in [1.807, 2.05) is 26.8 Å². The lowest BCUT2D eigenvalue weighted by Crippen LogP contribution is -2.14. The average molecular weight is 583 g/mol. The number of hydrogen-bond acceptors (Lipinski definition) is 10. The molecule has 0 amide bonds. The van der Waals surface area contributed by atoms with Crippen molar-refractivity contribution < 1.29 is 32.8 Å². The van der Waals surface area contributed by atoms with E-state index in [4.69, 9.17) is 37.2 Å². The molecule has 0 aliphatic heterocycles. The van der Waals surface area contributed by atoms with Crippen molar-refractivity contribution in [2.24, 2.45) is 0 Å². The second-order valence-electron chi connectivity index (χ2n) is 9.62. The van der Waals surface area contributed by atoms with Crippen molar-refractivity contribution in [1.29, 1.82) is 5.26 Å². The van der Waals surface area contributed by atoms with E-state index in [0.717, 1.165) is 10.7 Å². The Morgan fingerprint density at radius 1 is 0.902 bits per heavy atom. The van der Waals surface area contributed by atoms with Gasteiger partial charge in [0.2, 0.25) is 0 Å². The summed E-state index contributed by atoms with van der Waals surface area (Å²) in [6.45, 7) is 5.91. The normalized spacial score (nSPS) is 11.3. The van der Waals surface area contributed by atoms with E-state index < -0.39 is 22.1 Å². The highest BCUT2D eigenvalue weighted by Crippen LogP contribution is 2.32. The van der Waals surface area contributed by atoms with Crippen molar-refractivity contribution in [3.05, 3.63) is 71.0 Å². The molecule has 0 radical (unpaired) electrons. The lowest BCUT2D eigenvalue weighted by Gasteiger charge is -2.15. The fraction of sp³-hybridized carbons (Fsp3) is 0.160. The topological polar surface area (TPSA) is 266 Å². The van der Waals surface area contributed by atoms with Crippen LogP contribution in [0.2, 0.25) is 0 Å². The Hall–Kier alpha value is -5.40. The maximum Gasteiger partial charge on any atom is 0.335 e. The molecule has 0 unspecified atom stereocenters. The quantitative estimate of drug-likeness (QED) is 0.185. The summed E-state index contributed by atoms with van der Waals surface area (Å²) in [4.78, 5) is 21.8. The molecule has 0 saturated carbocycles. The number of hydrogen-bond donors (Lipinski definition) is 6. The standard InChI is InChI=1S/C13H18N4O3S.C12H8N4O4/c1-13(2,3)11-10(14)12(15)17(16-11)8-4-6-9(7-5-8)21(18,19)20;13-4-8-5-15-16(10(8)14)9-2-6(11(17)18)1-7(3-9)12(19)20/h4-7H,14-15H2,1-3H3,(H,18,19,20);1-3,5H,14H2,(H,17,18)(H,19,20). The molecule has 0 aliphatic rings. The van der Waals surface area contributed by atoms with Gasteiger partial charge in [0.05, 0.1) is 45.0 Å². The van der Waals surface area contributed by atoms with E-state index in [1.165, 1.54) is 47.3 Å². The average Bonchev–Trinajstić information content (AvgIpc) is 3.42. The third-order valence-electron chi connectivity index (χ3n) is 5.63. The predicted octanol–water partition coefficient (Wildman–Crippen LogP) is 2.30. The third kappa shape index (κ3) is 6.43. The first-order chi connectivity index (χ1) is 18.9. The highest BCUT2D eigenvalue weighted by Gasteiger charge is 2.25. The van der Waals surface area contributed by atoms with Gasteiger partial charge in [-0.1, -0.05) is 20.8 Å². The number of aromatic nitrogens is 4. The Morgan fingerprint density at radius 2 is 1.44 bits per heavy atom. The van der Waals surface area contributed by atoms with Gasteiger partial charge in [0.15, 0.2) is 5.82 Å². The van der Waals surface area contributed by atoms with Gasteiger partial charge in [0, 0.05) is 5.41 Å². The van der Waals surface area contributed by atoms with Crippen molar-refractivity contribution in [1.82, 2.24) is 19.6 Å². The first kappa shape index (κ1) is 30.1. The van der Waals surface area contributed by atoms with Crippen LogP contribution >= 0.6 is 0 Å². The number of carbonyl (C=O) groups is 2. The number of anilines is 3. The molecule has 0 bridgehead atoms. The number of nitriles is 1. The Labute approximate surface area is 233 Å². The van der Waals surface area contributed by atoms with Gasteiger partial charge >= 0.3 is 11.9 Å². The summed E-state index contributed by atoms with van der Waals surface area (Å²) < 4.78 is 33.6. The zero-order chi connectivity index (χ0) is 30.9. The largest absolute Gasteiger partial charge is 0.478 e. The van der Waals surface area contributed by atoms with Crippen LogP contribution < -0.4 is 17.2 Å². The van der Waals surface area contributed by atoms with Gasteiger partial charge in [0.1, 0.15) is 17.5 Å². The van der Waals surface area contributed by atoms with Gasteiger partial charge in [-0.2, -0.15) is 23.9 Å². The molecule has 41 heavy (non-hydrogen) atoms. The number of nitrogen functional groups attached to an aromatic ring is 3. The van der Waals surface area contributed by atoms with Crippen molar-refractivity contribution in [2.45, 2.75) is 31.1 Å². The number of nitrogens with zero attached hydrogens (tertiary/aromatic N) is 5. The van der Waals surface area contributed by atoms with E-state index >= 15 is 0 Å². The lowest BCUT2D eigenvalue weighted by atomic mass is 9.91. The monoisotopic (exact) mass is 582 g/mol. The molecule has 0 saturated heterocycles. The van der Waals surface area contributed by atoms with E-state index in [0.29, 0.717) is 22.9 Å². The Balaban J connectivity index is 0.000000226. The summed E-state index contributed by atoms with van der Waals surface area (Å²) in [5, 5.41) is 35.0. The maximum absolute atomic E-state index is 11.0. The third-order valence-corrected chi connectivity index (χ3v) is 6.50. The van der Waals surface area contributed by atoms with Crippen LogP contribution in [0.15, 0.2) is 53.6 Å². The number of benzene rings is 2. The molecule has 4 aromatic rings. The van der Waals surface area contributed by atoms with Gasteiger partial charge in [-0.15, -0.1) is 0 Å². The highest BCUT2D eigenvalue weighted by atomic mass is 32.2. The molecule has 16 heteroatoms. The van der Waals surface area contributed by atoms with E-state index in [9.17, 15) is 18.0 Å². The molecule has 214 valence electrons. The summed E-state index contributed by atoms with van der Waals surface area (Å²) in [5.41, 5.74) is 18.8. The maximum atomic E-state index is 11.0. The smallest absolute Gasteiger partial charge is 0.335 e. The second-order valence-corrected chi connectivity index (χ2v) is 11.0. The summed E-state index contributed by atoms with van der Waals surface area (Å²) >= 11 is 0. The van der Waals surface area contributed by atoms with Gasteiger partial charge in [-0.25, -0.2) is 19.0 Å². The number of rotatable bonds is 5. The number of carboxylic acids is 2. The van der Waals surface area contributed by atoms with Crippen LogP contribution in [0.3, 0.4) is 0 Å². The van der Waals surface area contributed by atoms with Crippen LogP contribution in [-0.2, 0) is 15.5 Å². The molecule has 15 nitrogen and oxygen atoms in total. The fourth-order valence-electron chi connectivity index (χ4n) is 3.58. The van der Waals surface area contributed by atoms with Crippen molar-refractivity contribution in [3.63, 3.8) is 0 Å². The molecule has 9 N–H and O–H groups in total. The van der Waals surface area contributed by atoms with Crippen LogP contribution in [0.5, 0.6) is 0 Å². The van der Waals surface area contributed by atoms with Crippen LogP contribution in [0.4, 0.5) is 17.3 Å². The van der Waals surface area contributed by atoms with Gasteiger partial charge in [-0.3, -0.25) is 4.55 Å². The summed E-state index contributed by atoms with van der Waals surface area (Å²) in [5.74, 6) is -2.26. The van der Waals surface area contributed by atoms with Crippen molar-refractivity contribution in [2.75, 3.05) is 17.2 Å². The van der Waals surface area contributed by atoms with Crippen molar-refractivity contribution in [3.8, 4) is 17.4 Å². The molecular weight excluding hydrogens is 556 g/mol. The zero-order valence-electron chi connectivity index (χ0n) is 22.0. The minimum atomic E-state index is -4.22. The number of aromatic carboxylic acids is 2. The fourth-order valence-corrected chi connectivity index (χ4v) is 4.06. The molecule has 0 spiro atoms. The molecule has 2 aromatic heterocycles. The first-order valence-corrected chi connectivity index (χ1v) is 13.0. The van der Waals surface area contributed by atoms with E-state index in [1.54, 1.807) is 0 Å². The van der Waals surface area contributed by atoms with Gasteiger partial charge < -0.3 is 27.4 Å². The van der Waals surface area contributed by atoms with E-state index in [2.05, 4.69) is 10.2 Å². The lowest BCUT2D eigenvalue weighted by molar-refractivity contribution is 0.0696. The summed E-state index contributed by atoms with van der Waals surface area (Å²) in [6, 6.07) is 10.8. The molecule has 0 aliphatic carbocycles.